The van der Waals surface area contributed by atoms with Crippen molar-refractivity contribution >= 4 is 11.8 Å². The van der Waals surface area contributed by atoms with E-state index in [0.717, 1.165) is 0 Å². The Bertz CT molecular complexity index is 465. The van der Waals surface area contributed by atoms with Gasteiger partial charge in [0, 0.05) is 25.4 Å². The summed E-state index contributed by atoms with van der Waals surface area (Å²) in [6, 6.07) is 10.1. The highest BCUT2D eigenvalue weighted by atomic mass is 16.2. The van der Waals surface area contributed by atoms with E-state index in [0.29, 0.717) is 32.4 Å². The molecule has 2 N–H and O–H groups in total. The molecule has 2 amide bonds. The van der Waals surface area contributed by atoms with Crippen LogP contribution in [0, 0.1) is 5.92 Å². The summed E-state index contributed by atoms with van der Waals surface area (Å²) in [5, 5.41) is 0. The number of rotatable bonds is 4. The Morgan fingerprint density at radius 2 is 1.85 bits per heavy atom. The normalized spacial score (nSPS) is 17.8. The third kappa shape index (κ3) is 3.59. The number of nitrogens with two attached hydrogens (primary N) is 1. The molecule has 1 saturated heterocycles. The quantitative estimate of drug-likeness (QED) is 0.911. The van der Waals surface area contributed by atoms with E-state index in [1.807, 2.05) is 23.1 Å². The highest BCUT2D eigenvalue weighted by molar-refractivity contribution is 5.79. The first-order valence-electron chi connectivity index (χ1n) is 7.20. The van der Waals surface area contributed by atoms with Crippen molar-refractivity contribution in [2.24, 2.45) is 11.7 Å². The van der Waals surface area contributed by atoms with Gasteiger partial charge in [-0.2, -0.15) is 0 Å². The van der Waals surface area contributed by atoms with Gasteiger partial charge in [-0.05, 0) is 24.3 Å². The van der Waals surface area contributed by atoms with Crippen molar-refractivity contribution in [2.75, 3.05) is 13.1 Å². The molecular formula is C16H22N2O2. The Kier molecular flexibility index (Phi) is 4.77. The maximum atomic E-state index is 12.3. The second kappa shape index (κ2) is 6.55. The van der Waals surface area contributed by atoms with Crippen molar-refractivity contribution in [3.05, 3.63) is 35.9 Å². The highest BCUT2D eigenvalue weighted by Crippen LogP contribution is 2.22. The Morgan fingerprint density at radius 1 is 1.25 bits per heavy atom. The van der Waals surface area contributed by atoms with E-state index < -0.39 is 0 Å². The van der Waals surface area contributed by atoms with Crippen molar-refractivity contribution in [1.82, 2.24) is 4.90 Å². The lowest BCUT2D eigenvalue weighted by Crippen LogP contribution is -2.42. The highest BCUT2D eigenvalue weighted by Gasteiger charge is 2.26. The summed E-state index contributed by atoms with van der Waals surface area (Å²) >= 11 is 0. The molecule has 4 heteroatoms. The van der Waals surface area contributed by atoms with Gasteiger partial charge in [-0.15, -0.1) is 0 Å². The van der Waals surface area contributed by atoms with Gasteiger partial charge in [0.1, 0.15) is 0 Å². The second-order valence-electron chi connectivity index (χ2n) is 5.57. The van der Waals surface area contributed by atoms with E-state index >= 15 is 0 Å². The average molecular weight is 274 g/mol. The summed E-state index contributed by atoms with van der Waals surface area (Å²) in [4.78, 5) is 25.2. The molecule has 0 spiro atoms. The third-order valence-electron chi connectivity index (χ3n) is 4.10. The molecule has 0 aliphatic carbocycles. The number of amides is 2. The smallest absolute Gasteiger partial charge is 0.223 e. The monoisotopic (exact) mass is 274 g/mol. The van der Waals surface area contributed by atoms with Crippen LogP contribution in [0.1, 0.15) is 37.7 Å². The number of primary amides is 1. The fourth-order valence-corrected chi connectivity index (χ4v) is 2.70. The first-order valence-corrected chi connectivity index (χ1v) is 7.20. The lowest BCUT2D eigenvalue weighted by atomic mass is 9.94. The Balaban J connectivity index is 1.85. The largest absolute Gasteiger partial charge is 0.369 e. The van der Waals surface area contributed by atoms with E-state index in [4.69, 9.17) is 5.73 Å². The fourth-order valence-electron chi connectivity index (χ4n) is 2.70. The van der Waals surface area contributed by atoms with Gasteiger partial charge in [0.15, 0.2) is 0 Å². The zero-order chi connectivity index (χ0) is 14.5. The van der Waals surface area contributed by atoms with Crippen LogP contribution >= 0.6 is 0 Å². The molecule has 0 radical (unpaired) electrons. The van der Waals surface area contributed by atoms with Gasteiger partial charge in [0.05, 0.1) is 0 Å². The van der Waals surface area contributed by atoms with E-state index in [-0.39, 0.29) is 23.7 Å². The number of piperidine rings is 1. The maximum Gasteiger partial charge on any atom is 0.223 e. The Hall–Kier alpha value is -1.84. The molecule has 1 aromatic carbocycles. The lowest BCUT2D eigenvalue weighted by molar-refractivity contribution is -0.135. The minimum absolute atomic E-state index is 0.0643. The van der Waals surface area contributed by atoms with Gasteiger partial charge in [-0.25, -0.2) is 0 Å². The minimum atomic E-state index is -0.241. The molecule has 20 heavy (non-hydrogen) atoms. The molecule has 0 aromatic heterocycles. The Morgan fingerprint density at radius 3 is 2.40 bits per heavy atom. The third-order valence-corrected chi connectivity index (χ3v) is 4.10. The first-order chi connectivity index (χ1) is 9.58. The summed E-state index contributed by atoms with van der Waals surface area (Å²) in [5.74, 6) is 0.0854. The number of likely N-dealkylation sites (tertiary alicyclic amines) is 1. The second-order valence-corrected chi connectivity index (χ2v) is 5.57. The summed E-state index contributed by atoms with van der Waals surface area (Å²) in [5.41, 5.74) is 6.49. The number of hydrogen-bond donors (Lipinski definition) is 1. The number of benzene rings is 1. The van der Waals surface area contributed by atoms with Crippen LogP contribution in [0.25, 0.3) is 0 Å². The number of carbonyl (C=O) groups excluding carboxylic acids is 2. The molecule has 1 aliphatic heterocycles. The zero-order valence-electron chi connectivity index (χ0n) is 11.9. The molecule has 1 atom stereocenters. The Labute approximate surface area is 119 Å². The van der Waals surface area contributed by atoms with Crippen molar-refractivity contribution in [3.8, 4) is 0 Å². The van der Waals surface area contributed by atoms with Gasteiger partial charge >= 0.3 is 0 Å². The first kappa shape index (κ1) is 14.6. The summed E-state index contributed by atoms with van der Waals surface area (Å²) in [6.07, 6.45) is 1.91. The SMILES string of the molecule is CC(CC(=O)N1CCC(C(N)=O)CC1)c1ccccc1. The van der Waals surface area contributed by atoms with Crippen molar-refractivity contribution in [3.63, 3.8) is 0 Å². The van der Waals surface area contributed by atoms with E-state index in [9.17, 15) is 9.59 Å². The zero-order valence-corrected chi connectivity index (χ0v) is 11.9. The van der Waals surface area contributed by atoms with Crippen LogP contribution in [-0.4, -0.2) is 29.8 Å². The van der Waals surface area contributed by atoms with Crippen LogP contribution in [0.15, 0.2) is 30.3 Å². The van der Waals surface area contributed by atoms with Gasteiger partial charge in [-0.3, -0.25) is 9.59 Å². The van der Waals surface area contributed by atoms with E-state index in [2.05, 4.69) is 19.1 Å². The molecule has 0 saturated carbocycles. The maximum absolute atomic E-state index is 12.3. The van der Waals surface area contributed by atoms with Gasteiger partial charge in [0.2, 0.25) is 11.8 Å². The molecule has 2 rings (SSSR count). The van der Waals surface area contributed by atoms with Crippen molar-refractivity contribution in [2.45, 2.75) is 32.1 Å². The predicted octanol–water partition coefficient (Wildman–Crippen LogP) is 1.90. The van der Waals surface area contributed by atoms with Crippen molar-refractivity contribution < 1.29 is 9.59 Å². The predicted molar refractivity (Wildman–Crippen MR) is 78.0 cm³/mol. The van der Waals surface area contributed by atoms with Crippen molar-refractivity contribution in [1.29, 1.82) is 0 Å². The minimum Gasteiger partial charge on any atom is -0.369 e. The number of nitrogens with zero attached hydrogens (tertiary/aromatic N) is 1. The van der Waals surface area contributed by atoms with Crippen LogP contribution in [-0.2, 0) is 9.59 Å². The van der Waals surface area contributed by atoms with Crippen LogP contribution in [0.2, 0.25) is 0 Å². The van der Waals surface area contributed by atoms with Gasteiger partial charge < -0.3 is 10.6 Å². The number of carbonyl (C=O) groups is 2. The van der Waals surface area contributed by atoms with Crippen LogP contribution in [0.3, 0.4) is 0 Å². The number of hydrogen-bond acceptors (Lipinski definition) is 2. The molecule has 0 bridgehead atoms. The standard InChI is InChI=1S/C16H22N2O2/c1-12(13-5-3-2-4-6-13)11-15(19)18-9-7-14(8-10-18)16(17)20/h2-6,12,14H,7-11H2,1H3,(H2,17,20). The van der Waals surface area contributed by atoms with Crippen LogP contribution < -0.4 is 5.73 Å². The summed E-state index contributed by atoms with van der Waals surface area (Å²) in [7, 11) is 0. The average Bonchev–Trinajstić information content (AvgIpc) is 2.48. The molecule has 1 aromatic rings. The molecule has 1 aliphatic rings. The van der Waals surface area contributed by atoms with Gasteiger partial charge in [0.25, 0.3) is 0 Å². The summed E-state index contributed by atoms with van der Waals surface area (Å²) in [6.45, 7) is 3.37. The molecule has 4 nitrogen and oxygen atoms in total. The molecule has 108 valence electrons. The summed E-state index contributed by atoms with van der Waals surface area (Å²) < 4.78 is 0. The molecule has 1 fully saturated rings. The topological polar surface area (TPSA) is 63.4 Å². The van der Waals surface area contributed by atoms with E-state index in [1.165, 1.54) is 5.56 Å². The molecular weight excluding hydrogens is 252 g/mol. The van der Waals surface area contributed by atoms with E-state index in [1.54, 1.807) is 0 Å². The van der Waals surface area contributed by atoms with Crippen LogP contribution in [0.4, 0.5) is 0 Å². The lowest BCUT2D eigenvalue weighted by Gasteiger charge is -2.31. The van der Waals surface area contributed by atoms with Gasteiger partial charge in [-0.1, -0.05) is 37.3 Å². The molecule has 1 heterocycles. The fraction of sp³-hybridized carbons (Fsp3) is 0.500. The van der Waals surface area contributed by atoms with Crippen LogP contribution in [0.5, 0.6) is 0 Å². The molecule has 1 unspecified atom stereocenters.